The van der Waals surface area contributed by atoms with Crippen molar-refractivity contribution in [2.24, 2.45) is 7.05 Å². The van der Waals surface area contributed by atoms with Crippen LogP contribution in [0.15, 0.2) is 67.3 Å². The summed E-state index contributed by atoms with van der Waals surface area (Å²) < 4.78 is 1.67. The molecule has 0 saturated carbocycles. The van der Waals surface area contributed by atoms with E-state index in [4.69, 9.17) is 5.73 Å². The van der Waals surface area contributed by atoms with Gasteiger partial charge < -0.3 is 11.1 Å². The molecule has 10 nitrogen and oxygen atoms in total. The van der Waals surface area contributed by atoms with Crippen LogP contribution >= 0.6 is 0 Å². The third kappa shape index (κ3) is 4.04. The van der Waals surface area contributed by atoms with E-state index in [9.17, 15) is 4.79 Å². The number of nitrogens with zero attached hydrogens (tertiary/aromatic N) is 7. The molecule has 0 aliphatic carbocycles. The highest BCUT2D eigenvalue weighted by Crippen LogP contribution is 2.31. The Kier molecular flexibility index (Phi) is 5.38. The van der Waals surface area contributed by atoms with Crippen molar-refractivity contribution in [3.05, 3.63) is 78.8 Å². The van der Waals surface area contributed by atoms with Crippen LogP contribution in [-0.4, -0.2) is 40.6 Å². The number of rotatable bonds is 5. The van der Waals surface area contributed by atoms with Gasteiger partial charge in [0, 0.05) is 42.8 Å². The molecule has 5 aromatic rings. The lowest BCUT2D eigenvalue weighted by atomic mass is 10.0. The first kappa shape index (κ1) is 21.1. The number of nitrogens with one attached hydrogen (secondary N) is 1. The number of nitrogens with two attached hydrogens (primary N) is 1. The maximum absolute atomic E-state index is 13.1. The van der Waals surface area contributed by atoms with Crippen molar-refractivity contribution < 1.29 is 4.79 Å². The molecule has 4 heterocycles. The van der Waals surface area contributed by atoms with Gasteiger partial charge in [0.2, 0.25) is 0 Å². The minimum atomic E-state index is -0.471. The zero-order valence-corrected chi connectivity index (χ0v) is 18.5. The molecule has 0 saturated heterocycles. The number of nitrogen functional groups attached to an aromatic ring is 1. The molecule has 3 N–H and O–H groups in total. The Morgan fingerprint density at radius 3 is 2.56 bits per heavy atom. The molecule has 1 aromatic carbocycles. The number of aryl methyl sites for hydroxylation is 1. The number of fused-ring (bicyclic) bond motifs is 1. The zero-order chi connectivity index (χ0) is 23.7. The first-order valence-corrected chi connectivity index (χ1v) is 10.6. The maximum Gasteiger partial charge on any atom is 0.274 e. The average molecular weight is 451 g/mol. The minimum Gasteiger partial charge on any atom is -0.382 e. The summed E-state index contributed by atoms with van der Waals surface area (Å²) in [7, 11) is 1.82. The quantitative estimate of drug-likeness (QED) is 0.416. The fourth-order valence-electron chi connectivity index (χ4n) is 3.62. The summed E-state index contributed by atoms with van der Waals surface area (Å²) in [5, 5.41) is 8.25. The van der Waals surface area contributed by atoms with E-state index in [1.807, 2.05) is 49.6 Å². The summed E-state index contributed by atoms with van der Waals surface area (Å²) in [4.78, 5) is 35.1. The predicted molar refractivity (Wildman–Crippen MR) is 127 cm³/mol. The molecule has 0 bridgehead atoms. The molecule has 0 fully saturated rings. The molecule has 1 amide bonds. The van der Waals surface area contributed by atoms with Gasteiger partial charge in [-0.1, -0.05) is 12.1 Å². The lowest BCUT2D eigenvalue weighted by Gasteiger charge is -2.15. The topological polar surface area (TPSA) is 137 Å². The molecule has 0 unspecified atom stereocenters. The van der Waals surface area contributed by atoms with Crippen LogP contribution in [-0.2, 0) is 7.05 Å². The van der Waals surface area contributed by atoms with E-state index in [1.165, 1.54) is 0 Å². The van der Waals surface area contributed by atoms with Gasteiger partial charge in [-0.15, -0.1) is 0 Å². The smallest absolute Gasteiger partial charge is 0.274 e. The van der Waals surface area contributed by atoms with Crippen LogP contribution in [0.25, 0.3) is 33.5 Å². The summed E-state index contributed by atoms with van der Waals surface area (Å²) in [6.45, 7) is 1.79. The molecule has 0 aliphatic rings. The number of hydrogen-bond acceptors (Lipinski definition) is 8. The molecule has 0 radical (unpaired) electrons. The number of aromatic nitrogens is 7. The Morgan fingerprint density at radius 1 is 1.00 bits per heavy atom. The molecule has 34 heavy (non-hydrogen) atoms. The molecule has 168 valence electrons. The van der Waals surface area contributed by atoms with E-state index < -0.39 is 11.9 Å². The number of amides is 1. The van der Waals surface area contributed by atoms with E-state index in [1.54, 1.807) is 36.3 Å². The second-order valence-electron chi connectivity index (χ2n) is 7.74. The van der Waals surface area contributed by atoms with Crippen molar-refractivity contribution in [2.75, 3.05) is 5.73 Å². The summed E-state index contributed by atoms with van der Waals surface area (Å²) in [5.74, 6) is 0.0153. The van der Waals surface area contributed by atoms with Crippen molar-refractivity contribution in [3.8, 4) is 22.6 Å². The third-order valence-electron chi connectivity index (χ3n) is 5.29. The second kappa shape index (κ2) is 8.66. The molecular formula is C24H21N9O. The largest absolute Gasteiger partial charge is 0.382 e. The van der Waals surface area contributed by atoms with Gasteiger partial charge in [0.1, 0.15) is 17.2 Å². The Bertz CT molecular complexity index is 1500. The van der Waals surface area contributed by atoms with Gasteiger partial charge in [0.25, 0.3) is 5.91 Å². The molecule has 4 aromatic heterocycles. The average Bonchev–Trinajstić information content (AvgIpc) is 3.30. The molecule has 1 atom stereocenters. The van der Waals surface area contributed by atoms with Gasteiger partial charge in [0.05, 0.1) is 17.3 Å². The van der Waals surface area contributed by atoms with Crippen molar-refractivity contribution in [2.45, 2.75) is 13.0 Å². The molecule has 10 heteroatoms. The van der Waals surface area contributed by atoms with E-state index in [0.29, 0.717) is 22.9 Å². The van der Waals surface area contributed by atoms with E-state index in [-0.39, 0.29) is 11.5 Å². The SMILES string of the molecule is C[C@H](NC(=O)c1nc(-c2ccc3ncccc3c2)c(-c2ccn(C)n2)nc1N)c1ncccn1. The van der Waals surface area contributed by atoms with Crippen molar-refractivity contribution in [3.63, 3.8) is 0 Å². The first-order valence-electron chi connectivity index (χ1n) is 10.6. The number of benzene rings is 1. The highest BCUT2D eigenvalue weighted by molar-refractivity contribution is 5.98. The summed E-state index contributed by atoms with van der Waals surface area (Å²) in [5.41, 5.74) is 9.42. The predicted octanol–water partition coefficient (Wildman–Crippen LogP) is 2.96. The van der Waals surface area contributed by atoms with Gasteiger partial charge in [0.15, 0.2) is 11.5 Å². The standard InChI is InChI=1S/C24H21N9O/c1-14(23-27-10-4-11-28-23)29-24(34)21-22(25)31-20(18-8-12-33(2)32-18)19(30-21)16-6-7-17-15(13-16)5-3-9-26-17/h3-14H,1-2H3,(H2,25,31)(H,29,34)/t14-/m0/s1. The number of pyridine rings is 1. The van der Waals surface area contributed by atoms with Gasteiger partial charge in [-0.05, 0) is 37.3 Å². The van der Waals surface area contributed by atoms with Crippen molar-refractivity contribution in [1.82, 2.24) is 40.0 Å². The van der Waals surface area contributed by atoms with Gasteiger partial charge >= 0.3 is 0 Å². The van der Waals surface area contributed by atoms with E-state index >= 15 is 0 Å². The first-order chi connectivity index (χ1) is 16.5. The summed E-state index contributed by atoms with van der Waals surface area (Å²) in [6, 6.07) is 12.7. The van der Waals surface area contributed by atoms with Gasteiger partial charge in [-0.2, -0.15) is 5.10 Å². The Morgan fingerprint density at radius 2 is 1.79 bits per heavy atom. The monoisotopic (exact) mass is 451 g/mol. The molecule has 0 aliphatic heterocycles. The van der Waals surface area contributed by atoms with Gasteiger partial charge in [-0.3, -0.25) is 14.5 Å². The Balaban J connectivity index is 1.60. The third-order valence-corrected chi connectivity index (χ3v) is 5.29. The highest BCUT2D eigenvalue weighted by atomic mass is 16.2. The summed E-state index contributed by atoms with van der Waals surface area (Å²) >= 11 is 0. The molecule has 5 rings (SSSR count). The van der Waals surface area contributed by atoms with Crippen LogP contribution in [0.3, 0.4) is 0 Å². The molecular weight excluding hydrogens is 430 g/mol. The van der Waals surface area contributed by atoms with Crippen LogP contribution < -0.4 is 11.1 Å². The van der Waals surface area contributed by atoms with Crippen LogP contribution in [0.4, 0.5) is 5.82 Å². The van der Waals surface area contributed by atoms with E-state index in [2.05, 4.69) is 35.3 Å². The van der Waals surface area contributed by atoms with Crippen LogP contribution in [0.1, 0.15) is 29.3 Å². The highest BCUT2D eigenvalue weighted by Gasteiger charge is 2.23. The normalized spacial score (nSPS) is 11.9. The number of carbonyl (C=O) groups is 1. The number of carbonyl (C=O) groups excluding carboxylic acids is 1. The fourth-order valence-corrected chi connectivity index (χ4v) is 3.62. The lowest BCUT2D eigenvalue weighted by molar-refractivity contribution is 0.0934. The van der Waals surface area contributed by atoms with Gasteiger partial charge in [-0.25, -0.2) is 19.9 Å². The van der Waals surface area contributed by atoms with Crippen LogP contribution in [0.5, 0.6) is 0 Å². The number of hydrogen-bond donors (Lipinski definition) is 2. The Hall–Kier alpha value is -4.73. The van der Waals surface area contributed by atoms with Crippen LogP contribution in [0, 0.1) is 0 Å². The van der Waals surface area contributed by atoms with E-state index in [0.717, 1.165) is 16.5 Å². The summed E-state index contributed by atoms with van der Waals surface area (Å²) in [6.07, 6.45) is 6.79. The number of anilines is 1. The zero-order valence-electron chi connectivity index (χ0n) is 18.5. The Labute approximate surface area is 195 Å². The lowest BCUT2D eigenvalue weighted by Crippen LogP contribution is -2.29. The van der Waals surface area contributed by atoms with Crippen molar-refractivity contribution >= 4 is 22.6 Å². The fraction of sp³-hybridized carbons (Fsp3) is 0.125. The van der Waals surface area contributed by atoms with Crippen molar-refractivity contribution in [1.29, 1.82) is 0 Å². The maximum atomic E-state index is 13.1. The van der Waals surface area contributed by atoms with Crippen LogP contribution in [0.2, 0.25) is 0 Å². The minimum absolute atomic E-state index is 0.00513. The second-order valence-corrected chi connectivity index (χ2v) is 7.74. The molecule has 0 spiro atoms.